The van der Waals surface area contributed by atoms with Crippen LogP contribution in [-0.2, 0) is 16.1 Å². The van der Waals surface area contributed by atoms with Crippen LogP contribution in [0.5, 0.6) is 0 Å². The molecule has 0 aliphatic heterocycles. The molecule has 1 atom stereocenters. The van der Waals surface area contributed by atoms with E-state index in [1.807, 2.05) is 30.3 Å². The second-order valence-corrected chi connectivity index (χ2v) is 2.47. The summed E-state index contributed by atoms with van der Waals surface area (Å²) in [5, 5.41) is 8.26. The highest BCUT2D eigenvalue weighted by Crippen LogP contribution is 2.03. The molecule has 0 aromatic heterocycles. The van der Waals surface area contributed by atoms with Gasteiger partial charge in [-0.3, -0.25) is 5.26 Å². The number of aldehydes is 1. The van der Waals surface area contributed by atoms with Crippen LogP contribution >= 0.6 is 0 Å². The molecule has 12 heavy (non-hydrogen) atoms. The molecule has 0 saturated heterocycles. The first kappa shape index (κ1) is 8.90. The van der Waals surface area contributed by atoms with E-state index < -0.39 is 6.10 Å². The third kappa shape index (κ3) is 2.45. The fourth-order valence-corrected chi connectivity index (χ4v) is 0.957. The minimum absolute atomic E-state index is 0.404. The average molecular weight is 166 g/mol. The Labute approximate surface area is 70.5 Å². The normalized spacial score (nSPS) is 12.4. The molecule has 0 aliphatic rings. The molecule has 1 rings (SSSR count). The van der Waals surface area contributed by atoms with Gasteiger partial charge in [-0.05, 0) is 5.56 Å². The van der Waals surface area contributed by atoms with Crippen molar-refractivity contribution in [3.05, 3.63) is 35.9 Å². The maximum absolute atomic E-state index is 10.3. The lowest BCUT2D eigenvalue weighted by Crippen LogP contribution is -2.15. The zero-order valence-electron chi connectivity index (χ0n) is 6.51. The van der Waals surface area contributed by atoms with Gasteiger partial charge < -0.3 is 4.79 Å². The summed E-state index contributed by atoms with van der Waals surface area (Å²) in [5.74, 6) is 0. The maximum atomic E-state index is 10.3. The smallest absolute Gasteiger partial charge is 0.152 e. The van der Waals surface area contributed by atoms with Crippen LogP contribution in [0.25, 0.3) is 0 Å². The van der Waals surface area contributed by atoms with Crippen molar-refractivity contribution < 1.29 is 14.9 Å². The van der Waals surface area contributed by atoms with Crippen LogP contribution in [0.15, 0.2) is 30.3 Å². The van der Waals surface area contributed by atoms with E-state index in [1.165, 1.54) is 0 Å². The van der Waals surface area contributed by atoms with E-state index in [0.29, 0.717) is 12.7 Å². The van der Waals surface area contributed by atoms with E-state index in [-0.39, 0.29) is 0 Å². The van der Waals surface area contributed by atoms with Crippen LogP contribution in [-0.4, -0.2) is 17.6 Å². The van der Waals surface area contributed by atoms with Gasteiger partial charge in [0, 0.05) is 6.42 Å². The van der Waals surface area contributed by atoms with Gasteiger partial charge in [-0.2, -0.15) is 0 Å². The Morgan fingerprint density at radius 2 is 2.08 bits per heavy atom. The Morgan fingerprint density at radius 1 is 1.42 bits per heavy atom. The van der Waals surface area contributed by atoms with Gasteiger partial charge in [0.1, 0.15) is 0 Å². The van der Waals surface area contributed by atoms with Crippen molar-refractivity contribution in [2.45, 2.75) is 12.5 Å². The second-order valence-electron chi connectivity index (χ2n) is 2.47. The zero-order chi connectivity index (χ0) is 8.81. The molecule has 1 N–H and O–H groups in total. The topological polar surface area (TPSA) is 46.5 Å². The van der Waals surface area contributed by atoms with Gasteiger partial charge in [-0.1, -0.05) is 30.3 Å². The molecule has 0 bridgehead atoms. The summed E-state index contributed by atoms with van der Waals surface area (Å²) in [4.78, 5) is 14.2. The van der Waals surface area contributed by atoms with Crippen LogP contribution < -0.4 is 0 Å². The molecule has 0 radical (unpaired) electrons. The summed E-state index contributed by atoms with van der Waals surface area (Å²) in [6.45, 7) is 0. The minimum atomic E-state index is -0.757. The van der Waals surface area contributed by atoms with Gasteiger partial charge in [-0.25, -0.2) is 4.89 Å². The van der Waals surface area contributed by atoms with E-state index in [4.69, 9.17) is 5.26 Å². The molecule has 1 unspecified atom stereocenters. The first-order chi connectivity index (χ1) is 5.86. The Morgan fingerprint density at radius 3 is 2.58 bits per heavy atom. The largest absolute Gasteiger partial charge is 0.300 e. The summed E-state index contributed by atoms with van der Waals surface area (Å²) >= 11 is 0. The number of carbonyl (C=O) groups excluding carboxylic acids is 1. The molecule has 3 heteroatoms. The van der Waals surface area contributed by atoms with Gasteiger partial charge in [0.05, 0.1) is 0 Å². The van der Waals surface area contributed by atoms with Crippen LogP contribution in [0.1, 0.15) is 5.56 Å². The predicted octanol–water partition coefficient (Wildman–Crippen LogP) is 1.29. The Hall–Kier alpha value is -1.19. The molecule has 3 nitrogen and oxygen atoms in total. The SMILES string of the molecule is O=CC(Cc1ccccc1)OO. The molecule has 0 spiro atoms. The molecule has 0 aliphatic carbocycles. The Balaban J connectivity index is 2.56. The van der Waals surface area contributed by atoms with Crippen molar-refractivity contribution in [2.24, 2.45) is 0 Å². The number of hydrogen-bond acceptors (Lipinski definition) is 3. The van der Waals surface area contributed by atoms with Crippen molar-refractivity contribution in [2.75, 3.05) is 0 Å². The second kappa shape index (κ2) is 4.64. The van der Waals surface area contributed by atoms with Gasteiger partial charge >= 0.3 is 0 Å². The zero-order valence-corrected chi connectivity index (χ0v) is 6.51. The minimum Gasteiger partial charge on any atom is -0.300 e. The lowest BCUT2D eigenvalue weighted by molar-refractivity contribution is -0.267. The molecule has 1 aromatic carbocycles. The standard InChI is InChI=1S/C9H10O3/c10-7-9(12-11)6-8-4-2-1-3-5-8/h1-5,7,9,11H,6H2. The van der Waals surface area contributed by atoms with Crippen LogP contribution in [0.4, 0.5) is 0 Å². The van der Waals surface area contributed by atoms with Gasteiger partial charge in [0.2, 0.25) is 0 Å². The van der Waals surface area contributed by atoms with Gasteiger partial charge in [0.25, 0.3) is 0 Å². The number of rotatable bonds is 4. The quantitative estimate of drug-likeness (QED) is 0.416. The maximum Gasteiger partial charge on any atom is 0.152 e. The van der Waals surface area contributed by atoms with Crippen LogP contribution in [0.2, 0.25) is 0 Å². The summed E-state index contributed by atoms with van der Waals surface area (Å²) in [6.07, 6.45) is 0.223. The van der Waals surface area contributed by atoms with Gasteiger partial charge in [0.15, 0.2) is 12.4 Å². The van der Waals surface area contributed by atoms with Crippen molar-refractivity contribution in [1.82, 2.24) is 0 Å². The lowest BCUT2D eigenvalue weighted by atomic mass is 10.1. The molecule has 0 fully saturated rings. The fourth-order valence-electron chi connectivity index (χ4n) is 0.957. The van der Waals surface area contributed by atoms with Crippen LogP contribution in [0.3, 0.4) is 0 Å². The summed E-state index contributed by atoms with van der Waals surface area (Å²) in [6, 6.07) is 9.37. The number of benzene rings is 1. The van der Waals surface area contributed by atoms with Crippen LogP contribution in [0, 0.1) is 0 Å². The number of carbonyl (C=O) groups is 1. The molecule has 0 amide bonds. The van der Waals surface area contributed by atoms with Gasteiger partial charge in [-0.15, -0.1) is 0 Å². The van der Waals surface area contributed by atoms with Crippen molar-refractivity contribution in [3.8, 4) is 0 Å². The predicted molar refractivity (Wildman–Crippen MR) is 43.7 cm³/mol. The van der Waals surface area contributed by atoms with E-state index in [2.05, 4.69) is 4.89 Å². The third-order valence-electron chi connectivity index (χ3n) is 1.57. The number of hydrogen-bond donors (Lipinski definition) is 1. The first-order valence-corrected chi connectivity index (χ1v) is 3.66. The molecular weight excluding hydrogens is 156 g/mol. The summed E-state index contributed by atoms with van der Waals surface area (Å²) in [5.41, 5.74) is 0.962. The average Bonchev–Trinajstić information content (AvgIpc) is 2.16. The highest BCUT2D eigenvalue weighted by molar-refractivity contribution is 5.56. The highest BCUT2D eigenvalue weighted by Gasteiger charge is 2.06. The molecule has 0 heterocycles. The molecular formula is C9H10O3. The Kier molecular flexibility index (Phi) is 3.44. The lowest BCUT2D eigenvalue weighted by Gasteiger charge is -2.04. The highest BCUT2D eigenvalue weighted by atomic mass is 17.1. The van der Waals surface area contributed by atoms with E-state index >= 15 is 0 Å². The van der Waals surface area contributed by atoms with E-state index in [9.17, 15) is 4.79 Å². The monoisotopic (exact) mass is 166 g/mol. The summed E-state index contributed by atoms with van der Waals surface area (Å²) in [7, 11) is 0. The molecule has 0 saturated carbocycles. The van der Waals surface area contributed by atoms with E-state index in [1.54, 1.807) is 0 Å². The van der Waals surface area contributed by atoms with Crippen molar-refractivity contribution >= 4 is 6.29 Å². The molecule has 1 aromatic rings. The summed E-state index contributed by atoms with van der Waals surface area (Å²) < 4.78 is 0. The van der Waals surface area contributed by atoms with E-state index in [0.717, 1.165) is 5.56 Å². The van der Waals surface area contributed by atoms with Crippen molar-refractivity contribution in [1.29, 1.82) is 0 Å². The fraction of sp³-hybridized carbons (Fsp3) is 0.222. The third-order valence-corrected chi connectivity index (χ3v) is 1.57. The first-order valence-electron chi connectivity index (χ1n) is 3.66. The van der Waals surface area contributed by atoms with Crippen molar-refractivity contribution in [3.63, 3.8) is 0 Å². The molecule has 64 valence electrons. The Bertz CT molecular complexity index is 233.